The molecule has 3 aromatic heterocycles. The van der Waals surface area contributed by atoms with E-state index >= 15 is 0 Å². The Hall–Kier alpha value is -4.32. The maximum absolute atomic E-state index is 5.92. The average molecular weight is 405 g/mol. The number of hydrogen-bond acceptors (Lipinski definition) is 6. The first-order valence-corrected chi connectivity index (χ1v) is 9.89. The maximum atomic E-state index is 5.92. The Balaban J connectivity index is 1.45. The molecule has 3 heterocycles. The maximum Gasteiger partial charge on any atom is 0.221 e. The Labute approximate surface area is 179 Å². The zero-order chi connectivity index (χ0) is 21.0. The highest BCUT2D eigenvalue weighted by atomic mass is 16.5. The largest absolute Gasteiger partial charge is 0.473 e. The third kappa shape index (κ3) is 4.04. The molecule has 0 spiro atoms. The number of nitrogens with two attached hydrogens (primary N) is 1. The molecule has 0 bridgehead atoms. The standard InChI is InChI=1S/C25H19N5O/c26-25-29-21-13-12-20(28-24(21)23(30-25)18-9-5-2-6-10-18)19-11-14-22(27-15-19)31-16-17-7-3-1-4-8-17/h1-15H,16H2,(H2,26,29,30). The summed E-state index contributed by atoms with van der Waals surface area (Å²) in [6.45, 7) is 0.473. The van der Waals surface area contributed by atoms with E-state index in [1.807, 2.05) is 84.9 Å². The van der Waals surface area contributed by atoms with Gasteiger partial charge in [0.1, 0.15) is 17.8 Å². The molecule has 0 fully saturated rings. The van der Waals surface area contributed by atoms with Crippen molar-refractivity contribution in [1.29, 1.82) is 0 Å². The molecule has 0 amide bonds. The summed E-state index contributed by atoms with van der Waals surface area (Å²) in [4.78, 5) is 18.0. The number of benzene rings is 2. The van der Waals surface area contributed by atoms with Crippen LogP contribution in [0.25, 0.3) is 33.5 Å². The van der Waals surface area contributed by atoms with Crippen molar-refractivity contribution in [2.45, 2.75) is 6.61 Å². The number of pyridine rings is 2. The fourth-order valence-electron chi connectivity index (χ4n) is 3.34. The third-order valence-corrected chi connectivity index (χ3v) is 4.87. The van der Waals surface area contributed by atoms with Crippen molar-refractivity contribution in [2.75, 3.05) is 5.73 Å². The molecular formula is C25H19N5O. The van der Waals surface area contributed by atoms with Crippen LogP contribution in [0, 0.1) is 0 Å². The zero-order valence-corrected chi connectivity index (χ0v) is 16.6. The van der Waals surface area contributed by atoms with Crippen molar-refractivity contribution < 1.29 is 4.74 Å². The number of anilines is 1. The molecule has 31 heavy (non-hydrogen) atoms. The van der Waals surface area contributed by atoms with Gasteiger partial charge in [0.25, 0.3) is 0 Å². The topological polar surface area (TPSA) is 86.8 Å². The van der Waals surface area contributed by atoms with E-state index in [1.54, 1.807) is 6.20 Å². The van der Waals surface area contributed by atoms with Crippen LogP contribution < -0.4 is 10.5 Å². The lowest BCUT2D eigenvalue weighted by Crippen LogP contribution is -2.00. The number of aromatic nitrogens is 4. The normalized spacial score (nSPS) is 10.8. The molecule has 150 valence electrons. The van der Waals surface area contributed by atoms with Crippen molar-refractivity contribution in [2.24, 2.45) is 0 Å². The molecule has 0 saturated carbocycles. The summed E-state index contributed by atoms with van der Waals surface area (Å²) in [5, 5.41) is 0. The van der Waals surface area contributed by atoms with Gasteiger partial charge in [-0.15, -0.1) is 0 Å². The van der Waals surface area contributed by atoms with Crippen LogP contribution in [0.4, 0.5) is 5.95 Å². The fourth-order valence-corrected chi connectivity index (χ4v) is 3.34. The average Bonchev–Trinajstić information content (AvgIpc) is 2.83. The lowest BCUT2D eigenvalue weighted by atomic mass is 10.1. The van der Waals surface area contributed by atoms with Crippen LogP contribution in [0.5, 0.6) is 5.88 Å². The molecule has 0 radical (unpaired) electrons. The van der Waals surface area contributed by atoms with Crippen molar-refractivity contribution in [3.63, 3.8) is 0 Å². The predicted octanol–water partition coefficient (Wildman–Crippen LogP) is 4.92. The van der Waals surface area contributed by atoms with Crippen molar-refractivity contribution in [3.8, 4) is 28.4 Å². The van der Waals surface area contributed by atoms with Crippen LogP contribution in [0.15, 0.2) is 91.1 Å². The number of hydrogen-bond donors (Lipinski definition) is 1. The van der Waals surface area contributed by atoms with E-state index in [9.17, 15) is 0 Å². The Morgan fingerprint density at radius 3 is 2.23 bits per heavy atom. The van der Waals surface area contributed by atoms with Crippen LogP contribution >= 0.6 is 0 Å². The fraction of sp³-hybridized carbons (Fsp3) is 0.0400. The summed E-state index contributed by atoms with van der Waals surface area (Å²) in [5.41, 5.74) is 11.7. The molecule has 0 saturated heterocycles. The first-order chi connectivity index (χ1) is 15.3. The highest BCUT2D eigenvalue weighted by molar-refractivity contribution is 5.91. The van der Waals surface area contributed by atoms with E-state index in [0.717, 1.165) is 22.4 Å². The number of ether oxygens (including phenoxy) is 1. The highest BCUT2D eigenvalue weighted by Gasteiger charge is 2.12. The summed E-state index contributed by atoms with van der Waals surface area (Å²) in [6, 6.07) is 27.5. The number of fused-ring (bicyclic) bond motifs is 1. The van der Waals surface area contributed by atoms with Crippen LogP contribution in [0.2, 0.25) is 0 Å². The molecule has 0 unspecified atom stereocenters. The Morgan fingerprint density at radius 1 is 0.710 bits per heavy atom. The SMILES string of the molecule is Nc1nc(-c2ccccc2)c2nc(-c3ccc(OCc4ccccc4)nc3)ccc2n1. The van der Waals surface area contributed by atoms with Gasteiger partial charge in [-0.05, 0) is 23.8 Å². The van der Waals surface area contributed by atoms with E-state index in [0.29, 0.717) is 29.2 Å². The molecule has 0 aliphatic heterocycles. The van der Waals surface area contributed by atoms with Gasteiger partial charge in [-0.1, -0.05) is 60.7 Å². The second-order valence-electron chi connectivity index (χ2n) is 7.02. The van der Waals surface area contributed by atoms with Gasteiger partial charge < -0.3 is 10.5 Å². The van der Waals surface area contributed by atoms with Crippen molar-refractivity contribution in [1.82, 2.24) is 19.9 Å². The Morgan fingerprint density at radius 2 is 1.48 bits per heavy atom. The monoisotopic (exact) mass is 405 g/mol. The second kappa shape index (κ2) is 8.20. The van der Waals surface area contributed by atoms with E-state index in [2.05, 4.69) is 15.0 Å². The van der Waals surface area contributed by atoms with Gasteiger partial charge in [-0.25, -0.2) is 19.9 Å². The molecule has 0 atom stereocenters. The summed E-state index contributed by atoms with van der Waals surface area (Å²) in [6.07, 6.45) is 1.76. The minimum absolute atomic E-state index is 0.225. The molecule has 6 nitrogen and oxygen atoms in total. The minimum Gasteiger partial charge on any atom is -0.473 e. The van der Waals surface area contributed by atoms with E-state index < -0.39 is 0 Å². The third-order valence-electron chi connectivity index (χ3n) is 4.87. The molecule has 2 aromatic carbocycles. The van der Waals surface area contributed by atoms with Crippen molar-refractivity contribution in [3.05, 3.63) is 96.7 Å². The van der Waals surface area contributed by atoms with Gasteiger partial charge in [-0.3, -0.25) is 0 Å². The smallest absolute Gasteiger partial charge is 0.221 e. The van der Waals surface area contributed by atoms with Gasteiger partial charge in [0, 0.05) is 23.4 Å². The molecular weight excluding hydrogens is 386 g/mol. The van der Waals surface area contributed by atoms with E-state index in [4.69, 9.17) is 15.5 Å². The Kier molecular flexibility index (Phi) is 4.94. The van der Waals surface area contributed by atoms with Gasteiger partial charge in [-0.2, -0.15) is 0 Å². The summed E-state index contributed by atoms with van der Waals surface area (Å²) in [5.74, 6) is 0.789. The molecule has 6 heteroatoms. The predicted molar refractivity (Wildman–Crippen MR) is 121 cm³/mol. The summed E-state index contributed by atoms with van der Waals surface area (Å²) < 4.78 is 5.78. The zero-order valence-electron chi connectivity index (χ0n) is 16.6. The molecule has 2 N–H and O–H groups in total. The van der Waals surface area contributed by atoms with Crippen LogP contribution in [-0.2, 0) is 6.61 Å². The number of rotatable bonds is 5. The van der Waals surface area contributed by atoms with Gasteiger partial charge >= 0.3 is 0 Å². The quantitative estimate of drug-likeness (QED) is 0.447. The van der Waals surface area contributed by atoms with Crippen LogP contribution in [0.3, 0.4) is 0 Å². The number of nitrogens with zero attached hydrogens (tertiary/aromatic N) is 4. The van der Waals surface area contributed by atoms with Crippen molar-refractivity contribution >= 4 is 17.0 Å². The first kappa shape index (κ1) is 18.7. The molecule has 5 aromatic rings. The first-order valence-electron chi connectivity index (χ1n) is 9.89. The van der Waals surface area contributed by atoms with Gasteiger partial charge in [0.15, 0.2) is 0 Å². The van der Waals surface area contributed by atoms with Crippen LogP contribution in [0.1, 0.15) is 5.56 Å². The highest BCUT2D eigenvalue weighted by Crippen LogP contribution is 2.28. The van der Waals surface area contributed by atoms with Gasteiger partial charge in [0.05, 0.1) is 11.2 Å². The molecule has 0 aliphatic rings. The lowest BCUT2D eigenvalue weighted by molar-refractivity contribution is 0.294. The van der Waals surface area contributed by atoms with E-state index in [-0.39, 0.29) is 5.95 Å². The van der Waals surface area contributed by atoms with Gasteiger partial charge in [0.2, 0.25) is 11.8 Å². The minimum atomic E-state index is 0.225. The summed E-state index contributed by atoms with van der Waals surface area (Å²) in [7, 11) is 0. The number of nitrogen functional groups attached to an aromatic ring is 1. The second-order valence-corrected chi connectivity index (χ2v) is 7.02. The molecule has 0 aliphatic carbocycles. The van der Waals surface area contributed by atoms with E-state index in [1.165, 1.54) is 0 Å². The molecule has 5 rings (SSSR count). The Bertz CT molecular complexity index is 1320. The van der Waals surface area contributed by atoms with Crippen LogP contribution in [-0.4, -0.2) is 19.9 Å². The summed E-state index contributed by atoms with van der Waals surface area (Å²) >= 11 is 0. The lowest BCUT2D eigenvalue weighted by Gasteiger charge is -2.09.